The number of anilines is 1. The molecule has 0 aliphatic carbocycles. The zero-order valence-electron chi connectivity index (χ0n) is 17.8. The molecule has 0 bridgehead atoms. The van der Waals surface area contributed by atoms with Crippen LogP contribution >= 0.6 is 11.8 Å². The van der Waals surface area contributed by atoms with E-state index in [9.17, 15) is 22.8 Å². The summed E-state index contributed by atoms with van der Waals surface area (Å²) in [7, 11) is 1.50. The summed E-state index contributed by atoms with van der Waals surface area (Å²) < 4.78 is 46.3. The third-order valence-corrected chi connectivity index (χ3v) is 5.83. The van der Waals surface area contributed by atoms with Gasteiger partial charge in [0, 0.05) is 6.07 Å². The number of methoxy groups -OCH3 is 1. The monoisotopic (exact) mass is 485 g/mol. The number of nitrogens with zero attached hydrogens (tertiary/aromatic N) is 2. The van der Waals surface area contributed by atoms with Crippen LogP contribution in [0, 0.1) is 0 Å². The number of carbonyl (C=O) groups excluding carboxylic acids is 1. The van der Waals surface area contributed by atoms with Crippen LogP contribution in [0.2, 0.25) is 0 Å². The Bertz CT molecular complexity index is 1420. The number of alkyl halides is 3. The van der Waals surface area contributed by atoms with Gasteiger partial charge in [-0.15, -0.1) is 0 Å². The molecule has 34 heavy (non-hydrogen) atoms. The second-order valence-corrected chi connectivity index (χ2v) is 8.08. The summed E-state index contributed by atoms with van der Waals surface area (Å²) in [5.41, 5.74) is -0.697. The second-order valence-electron chi connectivity index (χ2n) is 7.13. The molecule has 0 unspecified atom stereocenters. The van der Waals surface area contributed by atoms with Gasteiger partial charge >= 0.3 is 6.18 Å². The summed E-state index contributed by atoms with van der Waals surface area (Å²) in [5, 5.41) is 2.91. The molecule has 0 spiro atoms. The largest absolute Gasteiger partial charge is 0.497 e. The van der Waals surface area contributed by atoms with Crippen LogP contribution in [0.15, 0.2) is 82.7 Å². The SMILES string of the molecule is COc1cccc(-n2c(SCC(=O)Nc3ccccc3C(F)(F)F)nc3ccccc3c2=O)c1. The zero-order valence-corrected chi connectivity index (χ0v) is 18.6. The maximum Gasteiger partial charge on any atom is 0.418 e. The first kappa shape index (κ1) is 23.4. The molecule has 0 saturated carbocycles. The number of halogens is 3. The molecule has 3 aromatic carbocycles. The van der Waals surface area contributed by atoms with Crippen molar-refractivity contribution in [2.45, 2.75) is 11.3 Å². The summed E-state index contributed by atoms with van der Waals surface area (Å²) in [6.07, 6.45) is -4.61. The molecule has 0 fully saturated rings. The normalized spacial score (nSPS) is 11.4. The Morgan fingerprint density at radius 2 is 1.79 bits per heavy atom. The van der Waals surface area contributed by atoms with Gasteiger partial charge in [-0.2, -0.15) is 13.2 Å². The minimum Gasteiger partial charge on any atom is -0.497 e. The maximum atomic E-state index is 13.3. The number of benzene rings is 3. The van der Waals surface area contributed by atoms with Crippen LogP contribution in [-0.4, -0.2) is 28.3 Å². The van der Waals surface area contributed by atoms with Gasteiger partial charge in [0.1, 0.15) is 5.75 Å². The lowest BCUT2D eigenvalue weighted by Gasteiger charge is -2.15. The van der Waals surface area contributed by atoms with Gasteiger partial charge in [-0.05, 0) is 36.4 Å². The van der Waals surface area contributed by atoms with Crippen molar-refractivity contribution >= 4 is 34.3 Å². The number of hydrogen-bond acceptors (Lipinski definition) is 5. The van der Waals surface area contributed by atoms with Crippen molar-refractivity contribution in [3.63, 3.8) is 0 Å². The number of rotatable bonds is 6. The molecule has 6 nitrogen and oxygen atoms in total. The van der Waals surface area contributed by atoms with Gasteiger partial charge in [0.25, 0.3) is 5.56 Å². The Kier molecular flexibility index (Phi) is 6.60. The third-order valence-electron chi connectivity index (χ3n) is 4.90. The Labute approximate surface area is 196 Å². The van der Waals surface area contributed by atoms with E-state index in [4.69, 9.17) is 4.74 Å². The average Bonchev–Trinajstić information content (AvgIpc) is 2.82. The van der Waals surface area contributed by atoms with Crippen LogP contribution < -0.4 is 15.6 Å². The summed E-state index contributed by atoms with van der Waals surface area (Å²) in [6, 6.07) is 18.3. The molecule has 4 rings (SSSR count). The number of fused-ring (bicyclic) bond motifs is 1. The van der Waals surface area contributed by atoms with Gasteiger partial charge in [0.15, 0.2) is 5.16 Å². The number of amides is 1. The van der Waals surface area contributed by atoms with E-state index in [0.717, 1.165) is 17.8 Å². The summed E-state index contributed by atoms with van der Waals surface area (Å²) in [6.45, 7) is 0. The van der Waals surface area contributed by atoms with E-state index in [2.05, 4.69) is 10.3 Å². The number of nitrogens with one attached hydrogen (secondary N) is 1. The van der Waals surface area contributed by atoms with E-state index < -0.39 is 17.6 Å². The van der Waals surface area contributed by atoms with Crippen molar-refractivity contribution < 1.29 is 22.7 Å². The van der Waals surface area contributed by atoms with E-state index >= 15 is 0 Å². The number of carbonyl (C=O) groups is 1. The number of ether oxygens (including phenoxy) is 1. The molecule has 1 amide bonds. The quantitative estimate of drug-likeness (QED) is 0.302. The second kappa shape index (κ2) is 9.60. The average molecular weight is 485 g/mol. The number of para-hydroxylation sites is 2. The molecule has 0 atom stereocenters. The lowest BCUT2D eigenvalue weighted by Crippen LogP contribution is -2.23. The highest BCUT2D eigenvalue weighted by Crippen LogP contribution is 2.34. The molecule has 1 N–H and O–H groups in total. The minimum absolute atomic E-state index is 0.219. The number of hydrogen-bond donors (Lipinski definition) is 1. The van der Waals surface area contributed by atoms with Crippen molar-refractivity contribution in [3.8, 4) is 11.4 Å². The van der Waals surface area contributed by atoms with Crippen LogP contribution in [-0.2, 0) is 11.0 Å². The van der Waals surface area contributed by atoms with Crippen molar-refractivity contribution in [2.75, 3.05) is 18.2 Å². The van der Waals surface area contributed by atoms with Gasteiger partial charge in [-0.25, -0.2) is 4.98 Å². The number of aromatic nitrogens is 2. The van der Waals surface area contributed by atoms with Gasteiger partial charge in [0.05, 0.1) is 40.7 Å². The van der Waals surface area contributed by atoms with Gasteiger partial charge < -0.3 is 10.1 Å². The lowest BCUT2D eigenvalue weighted by molar-refractivity contribution is -0.137. The topological polar surface area (TPSA) is 73.2 Å². The third kappa shape index (κ3) is 4.91. The molecular weight excluding hydrogens is 467 g/mol. The minimum atomic E-state index is -4.61. The fraction of sp³-hybridized carbons (Fsp3) is 0.125. The molecule has 1 aromatic heterocycles. The van der Waals surface area contributed by atoms with E-state index in [1.807, 2.05) is 0 Å². The molecule has 4 aromatic rings. The fourth-order valence-corrected chi connectivity index (χ4v) is 4.15. The summed E-state index contributed by atoms with van der Waals surface area (Å²) >= 11 is 0.943. The van der Waals surface area contributed by atoms with E-state index in [0.29, 0.717) is 22.3 Å². The summed E-state index contributed by atoms with van der Waals surface area (Å²) in [5.74, 6) is -0.405. The highest BCUT2D eigenvalue weighted by molar-refractivity contribution is 7.99. The van der Waals surface area contributed by atoms with Crippen LogP contribution in [0.4, 0.5) is 18.9 Å². The molecule has 0 radical (unpaired) electrons. The van der Waals surface area contributed by atoms with Crippen LogP contribution in [0.1, 0.15) is 5.56 Å². The molecule has 10 heteroatoms. The van der Waals surface area contributed by atoms with Crippen molar-refractivity contribution in [2.24, 2.45) is 0 Å². The first-order chi connectivity index (χ1) is 16.3. The highest BCUT2D eigenvalue weighted by Gasteiger charge is 2.33. The fourth-order valence-electron chi connectivity index (χ4n) is 3.34. The molecule has 174 valence electrons. The Hall–Kier alpha value is -3.79. The van der Waals surface area contributed by atoms with Crippen molar-refractivity contribution in [1.82, 2.24) is 9.55 Å². The first-order valence-electron chi connectivity index (χ1n) is 10.0. The summed E-state index contributed by atoms with van der Waals surface area (Å²) in [4.78, 5) is 30.3. The van der Waals surface area contributed by atoms with Gasteiger partial charge in [0.2, 0.25) is 5.91 Å². The standard InChI is InChI=1S/C24H18F3N3O3S/c1-33-16-8-6-7-15(13-16)30-22(32)17-9-2-4-11-19(17)29-23(30)34-14-21(31)28-20-12-5-3-10-18(20)24(25,26)27/h2-13H,14H2,1H3,(H,28,31). The van der Waals surface area contributed by atoms with Crippen LogP contribution in [0.3, 0.4) is 0 Å². The smallest absolute Gasteiger partial charge is 0.418 e. The van der Waals surface area contributed by atoms with Crippen molar-refractivity contribution in [3.05, 3.63) is 88.7 Å². The molecule has 1 heterocycles. The molecular formula is C24H18F3N3O3S. The van der Waals surface area contributed by atoms with Crippen LogP contribution in [0.5, 0.6) is 5.75 Å². The molecule has 0 saturated heterocycles. The molecule has 0 aliphatic heterocycles. The van der Waals surface area contributed by atoms with Crippen LogP contribution in [0.25, 0.3) is 16.6 Å². The molecule has 0 aliphatic rings. The van der Waals surface area contributed by atoms with E-state index in [1.165, 1.54) is 29.9 Å². The maximum absolute atomic E-state index is 13.3. The highest BCUT2D eigenvalue weighted by atomic mass is 32.2. The van der Waals surface area contributed by atoms with E-state index in [-0.39, 0.29) is 22.2 Å². The zero-order chi connectivity index (χ0) is 24.3. The Morgan fingerprint density at radius 1 is 1.06 bits per heavy atom. The first-order valence-corrected chi connectivity index (χ1v) is 11.0. The number of thioether (sulfide) groups is 1. The Balaban J connectivity index is 1.67. The van der Waals surface area contributed by atoms with Gasteiger partial charge in [-0.3, -0.25) is 14.2 Å². The Morgan fingerprint density at radius 3 is 2.56 bits per heavy atom. The van der Waals surface area contributed by atoms with E-state index in [1.54, 1.807) is 48.5 Å². The lowest BCUT2D eigenvalue weighted by atomic mass is 10.1. The van der Waals surface area contributed by atoms with Crippen molar-refractivity contribution in [1.29, 1.82) is 0 Å². The predicted molar refractivity (Wildman–Crippen MR) is 125 cm³/mol. The predicted octanol–water partition coefficient (Wildman–Crippen LogP) is 5.14. The van der Waals surface area contributed by atoms with Gasteiger partial charge in [-0.1, -0.05) is 42.1 Å².